The predicted octanol–water partition coefficient (Wildman–Crippen LogP) is 3.01. The van der Waals surface area contributed by atoms with Crippen LogP contribution >= 0.6 is 11.3 Å². The van der Waals surface area contributed by atoms with E-state index in [-0.39, 0.29) is 17.4 Å². The number of nitrogens with one attached hydrogen (secondary N) is 1. The number of hydrogen-bond donors (Lipinski definition) is 1. The molecule has 0 aliphatic heterocycles. The average Bonchev–Trinajstić information content (AvgIpc) is 3.17. The molecule has 0 saturated heterocycles. The smallest absolute Gasteiger partial charge is 0.282 e. The summed E-state index contributed by atoms with van der Waals surface area (Å²) in [5, 5.41) is 20.6. The van der Waals surface area contributed by atoms with Crippen LogP contribution < -0.4 is 10.9 Å². The summed E-state index contributed by atoms with van der Waals surface area (Å²) in [6.07, 6.45) is 0. The first-order valence-corrected chi connectivity index (χ1v) is 9.44. The third-order valence-corrected chi connectivity index (χ3v) is 5.24. The molecule has 0 atom stereocenters. The van der Waals surface area contributed by atoms with Crippen LogP contribution in [0.4, 0.5) is 5.13 Å². The Morgan fingerprint density at radius 3 is 2.50 bits per heavy atom. The number of carbonyl (C=O) groups excluding carboxylic acids is 1. The normalized spacial score (nSPS) is 11.1. The Morgan fingerprint density at radius 1 is 1.04 bits per heavy atom. The lowest BCUT2D eigenvalue weighted by Gasteiger charge is -2.06. The fourth-order valence-electron chi connectivity index (χ4n) is 2.60. The van der Waals surface area contributed by atoms with Crippen LogP contribution in [-0.4, -0.2) is 31.1 Å². The molecule has 0 radical (unpaired) electrons. The zero-order valence-electron chi connectivity index (χ0n) is 15.2. The summed E-state index contributed by atoms with van der Waals surface area (Å²) in [5.41, 5.74) is 1.24. The molecule has 28 heavy (non-hydrogen) atoms. The van der Waals surface area contributed by atoms with Gasteiger partial charge in [-0.15, -0.1) is 15.3 Å². The van der Waals surface area contributed by atoms with E-state index in [0.717, 1.165) is 5.01 Å². The second-order valence-corrected chi connectivity index (χ2v) is 7.43. The molecule has 1 N–H and O–H groups in total. The van der Waals surface area contributed by atoms with Gasteiger partial charge in [0.1, 0.15) is 10.5 Å². The summed E-state index contributed by atoms with van der Waals surface area (Å²) >= 11 is 1.35. The first-order chi connectivity index (χ1) is 13.5. The van der Waals surface area contributed by atoms with Gasteiger partial charge in [-0.25, -0.2) is 0 Å². The molecule has 0 spiro atoms. The lowest BCUT2D eigenvalue weighted by Crippen LogP contribution is -2.22. The van der Waals surface area contributed by atoms with E-state index in [4.69, 9.17) is 0 Å². The Kier molecular flexibility index (Phi) is 4.66. The minimum atomic E-state index is -0.296. The number of hydrogen-bond acceptors (Lipinski definition) is 7. The Morgan fingerprint density at radius 2 is 1.79 bits per heavy atom. The molecule has 2 heterocycles. The van der Waals surface area contributed by atoms with E-state index < -0.39 is 0 Å². The van der Waals surface area contributed by atoms with Gasteiger partial charge >= 0.3 is 0 Å². The van der Waals surface area contributed by atoms with E-state index in [0.29, 0.717) is 27.3 Å². The van der Waals surface area contributed by atoms with Crippen molar-refractivity contribution in [3.63, 3.8) is 0 Å². The van der Waals surface area contributed by atoms with Crippen LogP contribution in [-0.2, 0) is 0 Å². The van der Waals surface area contributed by atoms with Crippen molar-refractivity contribution >= 4 is 33.3 Å². The lowest BCUT2D eigenvalue weighted by molar-refractivity contribution is 0.102. The number of fused-ring (bicyclic) bond motifs is 1. The lowest BCUT2D eigenvalue weighted by atomic mass is 10.2. The number of amides is 1. The van der Waals surface area contributed by atoms with Gasteiger partial charge in [0, 0.05) is 11.5 Å². The van der Waals surface area contributed by atoms with Crippen LogP contribution in [0.2, 0.25) is 0 Å². The van der Waals surface area contributed by atoms with E-state index in [9.17, 15) is 9.59 Å². The van der Waals surface area contributed by atoms with Gasteiger partial charge in [0.2, 0.25) is 5.13 Å². The second kappa shape index (κ2) is 7.28. The van der Waals surface area contributed by atoms with Crippen LogP contribution in [0.1, 0.15) is 35.1 Å². The van der Waals surface area contributed by atoms with Crippen LogP contribution in [0.15, 0.2) is 53.3 Å². The van der Waals surface area contributed by atoms with Gasteiger partial charge in [-0.3, -0.25) is 14.9 Å². The highest BCUT2D eigenvalue weighted by Gasteiger charge is 2.13. The maximum absolute atomic E-state index is 12.6. The van der Waals surface area contributed by atoms with Crippen LogP contribution in [0, 0.1) is 0 Å². The highest BCUT2D eigenvalue weighted by Crippen LogP contribution is 2.23. The Balaban J connectivity index is 1.57. The van der Waals surface area contributed by atoms with Crippen molar-refractivity contribution < 1.29 is 4.79 Å². The number of nitrogens with zero attached hydrogens (tertiary/aromatic N) is 5. The van der Waals surface area contributed by atoms with Gasteiger partial charge in [-0.2, -0.15) is 4.68 Å². The standard InChI is InChI=1S/C19H16N6O2S/c1-11(2)17-22-23-19(28-17)20-16(26)12-7-9-13(10-8-12)25-18(27)14-5-3-4-6-15(14)21-24-25/h3-11H,1-2H3,(H,20,23,26). The zero-order valence-corrected chi connectivity index (χ0v) is 16.0. The quantitative estimate of drug-likeness (QED) is 0.573. The van der Waals surface area contributed by atoms with Gasteiger partial charge in [0.05, 0.1) is 11.1 Å². The molecular formula is C19H16N6O2S. The number of anilines is 1. The monoisotopic (exact) mass is 392 g/mol. The predicted molar refractivity (Wildman–Crippen MR) is 107 cm³/mol. The van der Waals surface area contributed by atoms with E-state index in [2.05, 4.69) is 25.8 Å². The Labute approximate surface area is 163 Å². The third-order valence-electron chi connectivity index (χ3n) is 4.10. The number of benzene rings is 2. The van der Waals surface area contributed by atoms with Crippen molar-refractivity contribution in [2.75, 3.05) is 5.32 Å². The van der Waals surface area contributed by atoms with Crippen molar-refractivity contribution in [3.8, 4) is 5.69 Å². The fourth-order valence-corrected chi connectivity index (χ4v) is 3.34. The summed E-state index contributed by atoms with van der Waals surface area (Å²) in [4.78, 5) is 25.0. The molecule has 140 valence electrons. The third kappa shape index (κ3) is 3.39. The second-order valence-electron chi connectivity index (χ2n) is 6.42. The minimum Gasteiger partial charge on any atom is -0.296 e. The van der Waals surface area contributed by atoms with E-state index in [1.165, 1.54) is 16.0 Å². The molecule has 0 aliphatic carbocycles. The maximum Gasteiger partial charge on any atom is 0.282 e. The number of aromatic nitrogens is 5. The molecule has 9 heteroatoms. The van der Waals surface area contributed by atoms with Gasteiger partial charge in [0.15, 0.2) is 0 Å². The van der Waals surface area contributed by atoms with Crippen molar-refractivity contribution in [3.05, 3.63) is 69.5 Å². The molecule has 0 unspecified atom stereocenters. The molecular weight excluding hydrogens is 376 g/mol. The summed E-state index contributed by atoms with van der Waals surface area (Å²) in [5.74, 6) is -0.0428. The Bertz CT molecular complexity index is 1210. The minimum absolute atomic E-state index is 0.254. The van der Waals surface area contributed by atoms with E-state index in [1.807, 2.05) is 13.8 Å². The maximum atomic E-state index is 12.6. The first-order valence-electron chi connectivity index (χ1n) is 8.63. The largest absolute Gasteiger partial charge is 0.296 e. The molecule has 4 aromatic rings. The molecule has 8 nitrogen and oxygen atoms in total. The van der Waals surface area contributed by atoms with E-state index >= 15 is 0 Å². The summed E-state index contributed by atoms with van der Waals surface area (Å²) in [7, 11) is 0. The molecule has 0 aliphatic rings. The first kappa shape index (κ1) is 17.9. The van der Waals surface area contributed by atoms with E-state index in [1.54, 1.807) is 48.5 Å². The molecule has 2 aromatic heterocycles. The fraction of sp³-hybridized carbons (Fsp3) is 0.158. The van der Waals surface area contributed by atoms with Crippen molar-refractivity contribution in [2.24, 2.45) is 0 Å². The van der Waals surface area contributed by atoms with Gasteiger partial charge in [-0.05, 0) is 36.4 Å². The molecule has 0 saturated carbocycles. The number of rotatable bonds is 4. The van der Waals surface area contributed by atoms with Gasteiger partial charge in [-0.1, -0.05) is 42.5 Å². The van der Waals surface area contributed by atoms with Crippen molar-refractivity contribution in [1.29, 1.82) is 0 Å². The zero-order chi connectivity index (χ0) is 19.7. The van der Waals surface area contributed by atoms with Crippen LogP contribution in [0.25, 0.3) is 16.6 Å². The molecule has 0 fully saturated rings. The molecule has 1 amide bonds. The summed E-state index contributed by atoms with van der Waals surface area (Å²) in [6, 6.07) is 13.6. The topological polar surface area (TPSA) is 103 Å². The SMILES string of the molecule is CC(C)c1nnc(NC(=O)c2ccc(-n3nnc4ccccc4c3=O)cc2)s1. The highest BCUT2D eigenvalue weighted by atomic mass is 32.1. The molecule has 0 bridgehead atoms. The van der Waals surface area contributed by atoms with Gasteiger partial charge in [0.25, 0.3) is 11.5 Å². The van der Waals surface area contributed by atoms with Crippen molar-refractivity contribution in [1.82, 2.24) is 25.2 Å². The summed E-state index contributed by atoms with van der Waals surface area (Å²) < 4.78 is 1.21. The number of carbonyl (C=O) groups is 1. The average molecular weight is 392 g/mol. The summed E-state index contributed by atoms with van der Waals surface area (Å²) in [6.45, 7) is 4.03. The molecule has 4 rings (SSSR count). The van der Waals surface area contributed by atoms with Crippen molar-refractivity contribution in [2.45, 2.75) is 19.8 Å². The molecule has 2 aromatic carbocycles. The van der Waals surface area contributed by atoms with Gasteiger partial charge < -0.3 is 0 Å². The van der Waals surface area contributed by atoms with Crippen LogP contribution in [0.3, 0.4) is 0 Å². The highest BCUT2D eigenvalue weighted by molar-refractivity contribution is 7.15. The Hall–Kier alpha value is -3.46. The van der Waals surface area contributed by atoms with Crippen LogP contribution in [0.5, 0.6) is 0 Å².